The molecular weight excluding hydrogens is 196 g/mol. The van der Waals surface area contributed by atoms with Crippen molar-refractivity contribution in [3.8, 4) is 0 Å². The molecule has 2 nitrogen and oxygen atoms in total. The molecule has 0 saturated carbocycles. The van der Waals surface area contributed by atoms with E-state index in [1.807, 2.05) is 30.3 Å². The van der Waals surface area contributed by atoms with Gasteiger partial charge in [0.25, 0.3) is 0 Å². The summed E-state index contributed by atoms with van der Waals surface area (Å²) in [6, 6.07) is 9.44. The molecule has 0 saturated heterocycles. The lowest BCUT2D eigenvalue weighted by Crippen LogP contribution is -2.03. The zero-order valence-corrected chi connectivity index (χ0v) is 9.21. The highest BCUT2D eigenvalue weighted by Gasteiger charge is 2.09. The van der Waals surface area contributed by atoms with Gasteiger partial charge in [0.1, 0.15) is 0 Å². The predicted molar refractivity (Wildman–Crippen MR) is 59.6 cm³/mol. The van der Waals surface area contributed by atoms with Crippen LogP contribution in [0.5, 0.6) is 0 Å². The van der Waals surface area contributed by atoms with E-state index >= 15 is 0 Å². The van der Waals surface area contributed by atoms with Gasteiger partial charge < -0.3 is 0 Å². The molecule has 0 bridgehead atoms. The molecule has 3 heteroatoms. The number of hydrogen-bond donors (Lipinski definition) is 0. The first-order valence-electron chi connectivity index (χ1n) is 4.52. The molecule has 1 aromatic carbocycles. The Bertz CT molecular complexity index is 416. The molecule has 0 heterocycles. The van der Waals surface area contributed by atoms with E-state index in [0.29, 0.717) is 4.91 Å². The second-order valence-electron chi connectivity index (χ2n) is 3.07. The normalized spacial score (nSPS) is 12.9. The van der Waals surface area contributed by atoms with Crippen LogP contribution in [0.2, 0.25) is 0 Å². The molecule has 0 spiro atoms. The Labute approximate surface area is 85.2 Å². The molecule has 0 N–H and O–H groups in total. The largest absolute Gasteiger partial charge is 0.224 e. The third kappa shape index (κ3) is 2.70. The summed E-state index contributed by atoms with van der Waals surface area (Å²) < 4.78 is 22.9. The average molecular weight is 210 g/mol. The Kier molecular flexibility index (Phi) is 3.47. The van der Waals surface area contributed by atoms with E-state index in [1.165, 1.54) is 0 Å². The second-order valence-corrected chi connectivity index (χ2v) is 5.52. The van der Waals surface area contributed by atoms with Crippen molar-refractivity contribution in [3.63, 3.8) is 0 Å². The zero-order chi connectivity index (χ0) is 10.6. The summed E-state index contributed by atoms with van der Waals surface area (Å²) in [5.74, 6) is 0.155. The minimum atomic E-state index is -3.04. The van der Waals surface area contributed by atoms with E-state index in [-0.39, 0.29) is 5.75 Å². The summed E-state index contributed by atoms with van der Waals surface area (Å²) in [4.78, 5) is 0.422. The maximum Gasteiger partial charge on any atom is 0.174 e. The van der Waals surface area contributed by atoms with Crippen LogP contribution < -0.4 is 0 Å². The highest BCUT2D eigenvalue weighted by molar-refractivity contribution is 7.95. The third-order valence-electron chi connectivity index (χ3n) is 2.04. The Morgan fingerprint density at radius 3 is 2.36 bits per heavy atom. The molecular formula is C11H14O2S. The molecule has 0 aliphatic carbocycles. The van der Waals surface area contributed by atoms with Gasteiger partial charge in [-0.3, -0.25) is 0 Å². The summed E-state index contributed by atoms with van der Waals surface area (Å²) in [5, 5.41) is 0. The molecule has 0 atom stereocenters. The van der Waals surface area contributed by atoms with Gasteiger partial charge in [0.05, 0.1) is 5.75 Å². The highest BCUT2D eigenvalue weighted by Crippen LogP contribution is 2.12. The number of hydrogen-bond acceptors (Lipinski definition) is 2. The fourth-order valence-electron chi connectivity index (χ4n) is 1.10. The fourth-order valence-corrected chi connectivity index (χ4v) is 1.87. The first kappa shape index (κ1) is 11.0. The topological polar surface area (TPSA) is 34.1 Å². The molecule has 14 heavy (non-hydrogen) atoms. The van der Waals surface area contributed by atoms with Gasteiger partial charge in [-0.25, -0.2) is 8.42 Å². The van der Waals surface area contributed by atoms with Crippen molar-refractivity contribution in [1.29, 1.82) is 0 Å². The van der Waals surface area contributed by atoms with Crippen LogP contribution in [0.4, 0.5) is 0 Å². The Morgan fingerprint density at radius 2 is 1.86 bits per heavy atom. The van der Waals surface area contributed by atoms with Gasteiger partial charge in [-0.15, -0.1) is 0 Å². The lowest BCUT2D eigenvalue weighted by molar-refractivity contribution is 0.603. The van der Waals surface area contributed by atoms with E-state index in [0.717, 1.165) is 5.56 Å². The van der Waals surface area contributed by atoms with Crippen LogP contribution in [0.15, 0.2) is 35.2 Å². The van der Waals surface area contributed by atoms with Crippen LogP contribution in [0, 0.1) is 0 Å². The summed E-state index contributed by atoms with van der Waals surface area (Å²) in [7, 11) is -3.04. The Hall–Kier alpha value is -1.09. The molecule has 0 amide bonds. The average Bonchev–Trinajstić information content (AvgIpc) is 2.19. The predicted octanol–water partition coefficient (Wildman–Crippen LogP) is 2.48. The van der Waals surface area contributed by atoms with Crippen molar-refractivity contribution < 1.29 is 8.42 Å². The van der Waals surface area contributed by atoms with Crippen LogP contribution >= 0.6 is 0 Å². The molecule has 0 aromatic heterocycles. The van der Waals surface area contributed by atoms with E-state index in [9.17, 15) is 8.42 Å². The number of benzene rings is 1. The second kappa shape index (κ2) is 4.42. The minimum absolute atomic E-state index is 0.155. The highest BCUT2D eigenvalue weighted by atomic mass is 32.2. The van der Waals surface area contributed by atoms with Gasteiger partial charge in [0.15, 0.2) is 9.84 Å². The standard InChI is InChI=1S/C11H14O2S/c1-3-14(12,13)10(2)9-11-7-5-4-6-8-11/h4-9H,3H2,1-2H3/b10-9+. The summed E-state index contributed by atoms with van der Waals surface area (Å²) in [6.07, 6.45) is 1.69. The van der Waals surface area contributed by atoms with Crippen LogP contribution in [-0.2, 0) is 9.84 Å². The molecule has 0 aliphatic heterocycles. The molecule has 0 aliphatic rings. The molecule has 0 unspecified atom stereocenters. The number of rotatable bonds is 3. The van der Waals surface area contributed by atoms with Crippen molar-refractivity contribution in [2.75, 3.05) is 5.75 Å². The molecule has 76 valence electrons. The van der Waals surface area contributed by atoms with Crippen LogP contribution in [0.3, 0.4) is 0 Å². The lowest BCUT2D eigenvalue weighted by Gasteiger charge is -2.00. The van der Waals surface area contributed by atoms with E-state index in [2.05, 4.69) is 0 Å². The van der Waals surface area contributed by atoms with E-state index in [4.69, 9.17) is 0 Å². The first-order valence-corrected chi connectivity index (χ1v) is 6.17. The van der Waals surface area contributed by atoms with Gasteiger partial charge in [-0.1, -0.05) is 37.3 Å². The Morgan fingerprint density at radius 1 is 1.29 bits per heavy atom. The maximum atomic E-state index is 11.4. The van der Waals surface area contributed by atoms with E-state index in [1.54, 1.807) is 19.9 Å². The third-order valence-corrected chi connectivity index (χ3v) is 3.90. The van der Waals surface area contributed by atoms with E-state index < -0.39 is 9.84 Å². The Balaban J connectivity index is 3.02. The monoisotopic (exact) mass is 210 g/mol. The van der Waals surface area contributed by atoms with Gasteiger partial charge in [0, 0.05) is 4.91 Å². The molecule has 0 fully saturated rings. The van der Waals surface area contributed by atoms with Crippen molar-refractivity contribution in [2.24, 2.45) is 0 Å². The minimum Gasteiger partial charge on any atom is -0.224 e. The van der Waals surface area contributed by atoms with Crippen molar-refractivity contribution in [2.45, 2.75) is 13.8 Å². The number of allylic oxidation sites excluding steroid dienone is 1. The van der Waals surface area contributed by atoms with Crippen LogP contribution in [0.1, 0.15) is 19.4 Å². The SMILES string of the molecule is CCS(=O)(=O)/C(C)=C/c1ccccc1. The van der Waals surface area contributed by atoms with Crippen molar-refractivity contribution in [1.82, 2.24) is 0 Å². The first-order chi connectivity index (χ1) is 6.56. The maximum absolute atomic E-state index is 11.4. The molecule has 1 aromatic rings. The molecule has 0 radical (unpaired) electrons. The lowest BCUT2D eigenvalue weighted by atomic mass is 10.2. The molecule has 1 rings (SSSR count). The summed E-state index contributed by atoms with van der Waals surface area (Å²) >= 11 is 0. The fraction of sp³-hybridized carbons (Fsp3) is 0.273. The number of sulfone groups is 1. The van der Waals surface area contributed by atoms with Crippen LogP contribution in [-0.4, -0.2) is 14.2 Å². The summed E-state index contributed by atoms with van der Waals surface area (Å²) in [5.41, 5.74) is 0.919. The van der Waals surface area contributed by atoms with Gasteiger partial charge >= 0.3 is 0 Å². The van der Waals surface area contributed by atoms with Crippen molar-refractivity contribution in [3.05, 3.63) is 40.8 Å². The van der Waals surface area contributed by atoms with Crippen molar-refractivity contribution >= 4 is 15.9 Å². The smallest absolute Gasteiger partial charge is 0.174 e. The van der Waals surface area contributed by atoms with Gasteiger partial charge in [-0.05, 0) is 18.6 Å². The van der Waals surface area contributed by atoms with Gasteiger partial charge in [0.2, 0.25) is 0 Å². The van der Waals surface area contributed by atoms with Crippen LogP contribution in [0.25, 0.3) is 6.08 Å². The quantitative estimate of drug-likeness (QED) is 0.768. The summed E-state index contributed by atoms with van der Waals surface area (Å²) in [6.45, 7) is 3.28. The van der Waals surface area contributed by atoms with Gasteiger partial charge in [-0.2, -0.15) is 0 Å². The zero-order valence-electron chi connectivity index (χ0n) is 8.40.